The molecule has 4 nitrogen and oxygen atoms in total. The molecule has 0 fully saturated rings. The molecule has 106 valence electrons. The monoisotopic (exact) mass is 279 g/mol. The van der Waals surface area contributed by atoms with Crippen molar-refractivity contribution in [3.8, 4) is 5.88 Å². The summed E-state index contributed by atoms with van der Waals surface area (Å²) in [6.45, 7) is 3.83. The van der Waals surface area contributed by atoms with Crippen molar-refractivity contribution in [1.82, 2.24) is 9.97 Å². The number of rotatable bonds is 5. The summed E-state index contributed by atoms with van der Waals surface area (Å²) in [6.07, 6.45) is 2.95. The molecule has 1 aromatic heterocycles. The molecule has 20 heavy (non-hydrogen) atoms. The summed E-state index contributed by atoms with van der Waals surface area (Å²) in [5.74, 6) is -0.237. The Morgan fingerprint density at radius 3 is 2.70 bits per heavy atom. The number of nitrogens with zero attached hydrogens (tertiary/aromatic N) is 2. The molecule has 0 spiro atoms. The van der Waals surface area contributed by atoms with Crippen LogP contribution in [-0.4, -0.2) is 16.1 Å². The summed E-state index contributed by atoms with van der Waals surface area (Å²) in [5.41, 5.74) is 0.214. The molecule has 0 saturated carbocycles. The van der Waals surface area contributed by atoms with E-state index in [0.29, 0.717) is 11.7 Å². The van der Waals surface area contributed by atoms with Gasteiger partial charge in [-0.15, -0.1) is 0 Å². The molecule has 1 N–H and O–H groups in total. The maximum absolute atomic E-state index is 13.5. The van der Waals surface area contributed by atoms with E-state index >= 15 is 0 Å². The van der Waals surface area contributed by atoms with E-state index in [1.165, 1.54) is 12.4 Å². The lowest BCUT2D eigenvalue weighted by Crippen LogP contribution is -2.11. The fraction of sp³-hybridized carbons (Fsp3) is 0.286. The molecule has 1 heterocycles. The van der Waals surface area contributed by atoms with Crippen molar-refractivity contribution in [1.29, 1.82) is 0 Å². The topological polar surface area (TPSA) is 47.0 Å². The quantitative estimate of drug-likeness (QED) is 0.913. The number of halogens is 2. The van der Waals surface area contributed by atoms with Crippen molar-refractivity contribution in [3.05, 3.63) is 47.8 Å². The number of anilines is 1. The molecular formula is C14H15F2N3O. The lowest BCUT2D eigenvalue weighted by atomic mass is 10.2. The first-order valence-electron chi connectivity index (χ1n) is 6.21. The molecule has 0 bridgehead atoms. The summed E-state index contributed by atoms with van der Waals surface area (Å²) >= 11 is 0. The van der Waals surface area contributed by atoms with E-state index in [1.54, 1.807) is 0 Å². The number of aromatic nitrogens is 2. The van der Waals surface area contributed by atoms with Gasteiger partial charge in [-0.1, -0.05) is 0 Å². The van der Waals surface area contributed by atoms with Gasteiger partial charge in [-0.3, -0.25) is 0 Å². The van der Waals surface area contributed by atoms with Crippen molar-refractivity contribution in [2.75, 3.05) is 5.32 Å². The standard InChI is InChI=1S/C14H15F2N3O/c1-9(2)20-14-13(17-5-6-18-14)19-8-10-7-11(15)3-4-12(10)16/h3-7,9H,8H2,1-2H3,(H,17,19). The largest absolute Gasteiger partial charge is 0.472 e. The average Bonchev–Trinajstić information content (AvgIpc) is 2.41. The highest BCUT2D eigenvalue weighted by atomic mass is 19.1. The predicted octanol–water partition coefficient (Wildman–Crippen LogP) is 3.15. The first-order chi connectivity index (χ1) is 9.56. The Balaban J connectivity index is 2.12. The van der Waals surface area contributed by atoms with E-state index in [0.717, 1.165) is 18.2 Å². The highest BCUT2D eigenvalue weighted by Gasteiger charge is 2.10. The number of hydrogen-bond acceptors (Lipinski definition) is 4. The number of nitrogens with one attached hydrogen (secondary N) is 1. The van der Waals surface area contributed by atoms with E-state index in [2.05, 4.69) is 15.3 Å². The number of benzene rings is 1. The Labute approximate surface area is 115 Å². The van der Waals surface area contributed by atoms with Gasteiger partial charge in [0.2, 0.25) is 0 Å². The van der Waals surface area contributed by atoms with Gasteiger partial charge in [0.15, 0.2) is 5.82 Å². The van der Waals surface area contributed by atoms with E-state index < -0.39 is 11.6 Å². The van der Waals surface area contributed by atoms with E-state index in [1.807, 2.05) is 13.8 Å². The predicted molar refractivity (Wildman–Crippen MR) is 71.5 cm³/mol. The molecular weight excluding hydrogens is 264 g/mol. The minimum Gasteiger partial charge on any atom is -0.472 e. The van der Waals surface area contributed by atoms with Gasteiger partial charge in [0.1, 0.15) is 11.6 Å². The Morgan fingerprint density at radius 2 is 1.95 bits per heavy atom. The van der Waals surface area contributed by atoms with Crippen LogP contribution in [-0.2, 0) is 6.54 Å². The van der Waals surface area contributed by atoms with E-state index in [9.17, 15) is 8.78 Å². The fourth-order valence-corrected chi connectivity index (χ4v) is 1.61. The van der Waals surface area contributed by atoms with Crippen molar-refractivity contribution in [2.45, 2.75) is 26.5 Å². The summed E-state index contributed by atoms with van der Waals surface area (Å²) in [4.78, 5) is 8.14. The fourth-order valence-electron chi connectivity index (χ4n) is 1.61. The van der Waals surface area contributed by atoms with Crippen LogP contribution in [0.5, 0.6) is 5.88 Å². The molecule has 0 aliphatic heterocycles. The van der Waals surface area contributed by atoms with Crippen LogP contribution in [0.1, 0.15) is 19.4 Å². The van der Waals surface area contributed by atoms with Crippen LogP contribution in [0.3, 0.4) is 0 Å². The highest BCUT2D eigenvalue weighted by molar-refractivity contribution is 5.45. The van der Waals surface area contributed by atoms with Crippen LogP contribution in [0, 0.1) is 11.6 Å². The third-order valence-electron chi connectivity index (χ3n) is 2.47. The van der Waals surface area contributed by atoms with Crippen molar-refractivity contribution in [3.63, 3.8) is 0 Å². The van der Waals surface area contributed by atoms with Crippen molar-refractivity contribution >= 4 is 5.82 Å². The van der Waals surface area contributed by atoms with Crippen LogP contribution in [0.4, 0.5) is 14.6 Å². The third kappa shape index (κ3) is 3.63. The molecule has 0 radical (unpaired) electrons. The first kappa shape index (κ1) is 14.2. The molecule has 0 amide bonds. The van der Waals surface area contributed by atoms with Gasteiger partial charge < -0.3 is 10.1 Å². The summed E-state index contributed by atoms with van der Waals surface area (Å²) in [6, 6.07) is 3.31. The van der Waals surface area contributed by atoms with Crippen LogP contribution >= 0.6 is 0 Å². The van der Waals surface area contributed by atoms with Gasteiger partial charge in [-0.25, -0.2) is 18.7 Å². The zero-order valence-electron chi connectivity index (χ0n) is 11.2. The number of hydrogen-bond donors (Lipinski definition) is 1. The Hall–Kier alpha value is -2.24. The first-order valence-corrected chi connectivity index (χ1v) is 6.21. The summed E-state index contributed by atoms with van der Waals surface area (Å²) in [5, 5.41) is 2.90. The maximum atomic E-state index is 13.5. The zero-order valence-corrected chi connectivity index (χ0v) is 11.2. The van der Waals surface area contributed by atoms with E-state index in [-0.39, 0.29) is 18.2 Å². The zero-order chi connectivity index (χ0) is 14.5. The molecule has 0 atom stereocenters. The van der Waals surface area contributed by atoms with Crippen LogP contribution in [0.15, 0.2) is 30.6 Å². The minimum absolute atomic E-state index is 0.0573. The highest BCUT2D eigenvalue weighted by Crippen LogP contribution is 2.20. The van der Waals surface area contributed by atoms with Gasteiger partial charge >= 0.3 is 0 Å². The lowest BCUT2D eigenvalue weighted by molar-refractivity contribution is 0.233. The maximum Gasteiger partial charge on any atom is 0.257 e. The number of ether oxygens (including phenoxy) is 1. The second-order valence-electron chi connectivity index (χ2n) is 4.47. The molecule has 2 rings (SSSR count). The molecule has 0 aliphatic carbocycles. The van der Waals surface area contributed by atoms with Gasteiger partial charge in [-0.2, -0.15) is 0 Å². The third-order valence-corrected chi connectivity index (χ3v) is 2.47. The van der Waals surface area contributed by atoms with Gasteiger partial charge in [0, 0.05) is 24.5 Å². The SMILES string of the molecule is CC(C)Oc1nccnc1NCc1cc(F)ccc1F. The molecule has 0 unspecified atom stereocenters. The smallest absolute Gasteiger partial charge is 0.257 e. The molecule has 0 aliphatic rings. The van der Waals surface area contributed by atoms with Crippen molar-refractivity contribution < 1.29 is 13.5 Å². The van der Waals surface area contributed by atoms with Gasteiger partial charge in [0.05, 0.1) is 6.10 Å². The van der Waals surface area contributed by atoms with Gasteiger partial charge in [-0.05, 0) is 32.0 Å². The van der Waals surface area contributed by atoms with Crippen LogP contribution in [0.2, 0.25) is 0 Å². The summed E-state index contributed by atoms with van der Waals surface area (Å²) < 4.78 is 32.1. The van der Waals surface area contributed by atoms with E-state index in [4.69, 9.17) is 4.74 Å². The summed E-state index contributed by atoms with van der Waals surface area (Å²) in [7, 11) is 0. The van der Waals surface area contributed by atoms with Gasteiger partial charge in [0.25, 0.3) is 5.88 Å². The Kier molecular flexibility index (Phi) is 4.45. The van der Waals surface area contributed by atoms with Crippen LogP contribution in [0.25, 0.3) is 0 Å². The Morgan fingerprint density at radius 1 is 1.20 bits per heavy atom. The second kappa shape index (κ2) is 6.27. The van der Waals surface area contributed by atoms with Crippen LogP contribution < -0.4 is 10.1 Å². The van der Waals surface area contributed by atoms with Crippen molar-refractivity contribution in [2.24, 2.45) is 0 Å². The minimum atomic E-state index is -0.485. The molecule has 2 aromatic rings. The molecule has 1 aromatic carbocycles. The average molecular weight is 279 g/mol. The molecule has 0 saturated heterocycles. The Bertz CT molecular complexity index is 590. The second-order valence-corrected chi connectivity index (χ2v) is 4.47. The lowest BCUT2D eigenvalue weighted by Gasteiger charge is -2.13. The molecule has 6 heteroatoms. The normalized spacial score (nSPS) is 10.7.